The molecule has 162 valence electrons. The Bertz CT molecular complexity index is 830. The van der Waals surface area contributed by atoms with Crippen LogP contribution in [0.15, 0.2) is 28.7 Å². The molecule has 2 N–H and O–H groups in total. The highest BCUT2D eigenvalue weighted by Gasteiger charge is 2.42. The molecule has 2 saturated heterocycles. The van der Waals surface area contributed by atoms with Gasteiger partial charge in [-0.15, -0.1) is 0 Å². The van der Waals surface area contributed by atoms with Crippen LogP contribution in [0.25, 0.3) is 0 Å². The van der Waals surface area contributed by atoms with E-state index in [9.17, 15) is 14.4 Å². The first kappa shape index (κ1) is 21.3. The Morgan fingerprint density at radius 3 is 2.87 bits per heavy atom. The van der Waals surface area contributed by atoms with E-state index in [1.807, 2.05) is 24.3 Å². The molecule has 0 spiro atoms. The Hall–Kier alpha value is -1.89. The van der Waals surface area contributed by atoms with E-state index in [0.717, 1.165) is 42.3 Å². The number of rotatable bonds is 5. The van der Waals surface area contributed by atoms with E-state index in [1.54, 1.807) is 4.90 Å². The van der Waals surface area contributed by atoms with E-state index in [1.165, 1.54) is 0 Å². The summed E-state index contributed by atoms with van der Waals surface area (Å²) in [5.74, 6) is 0.749. The lowest BCUT2D eigenvalue weighted by molar-refractivity contribution is -0.128. The van der Waals surface area contributed by atoms with Crippen LogP contribution in [-0.2, 0) is 14.4 Å². The fourth-order valence-electron chi connectivity index (χ4n) is 5.49. The van der Waals surface area contributed by atoms with Crippen molar-refractivity contribution in [2.75, 3.05) is 11.4 Å². The molecule has 5 atom stereocenters. The molecular formula is C23H30BrN3O3. The molecular weight excluding hydrogens is 446 g/mol. The summed E-state index contributed by atoms with van der Waals surface area (Å²) in [5.41, 5.74) is 0.817. The molecule has 3 fully saturated rings. The molecule has 30 heavy (non-hydrogen) atoms. The lowest BCUT2D eigenvalue weighted by Gasteiger charge is -2.44. The van der Waals surface area contributed by atoms with Gasteiger partial charge in [-0.1, -0.05) is 35.3 Å². The molecule has 7 heteroatoms. The van der Waals surface area contributed by atoms with Gasteiger partial charge in [0.25, 0.3) is 0 Å². The van der Waals surface area contributed by atoms with Crippen LogP contribution in [0.2, 0.25) is 0 Å². The average molecular weight is 476 g/mol. The van der Waals surface area contributed by atoms with Crippen molar-refractivity contribution in [2.45, 2.75) is 64.0 Å². The van der Waals surface area contributed by atoms with Gasteiger partial charge in [-0.25, -0.2) is 0 Å². The van der Waals surface area contributed by atoms with E-state index in [0.29, 0.717) is 24.8 Å². The fraction of sp³-hybridized carbons (Fsp3) is 0.609. The van der Waals surface area contributed by atoms with E-state index in [4.69, 9.17) is 0 Å². The minimum atomic E-state index is -0.331. The first-order chi connectivity index (χ1) is 14.4. The number of nitrogens with one attached hydrogen (secondary N) is 2. The predicted molar refractivity (Wildman–Crippen MR) is 119 cm³/mol. The number of anilines is 1. The van der Waals surface area contributed by atoms with Gasteiger partial charge in [0.1, 0.15) is 0 Å². The van der Waals surface area contributed by atoms with Crippen LogP contribution in [0.4, 0.5) is 5.69 Å². The Morgan fingerprint density at radius 2 is 2.10 bits per heavy atom. The van der Waals surface area contributed by atoms with Crippen molar-refractivity contribution in [3.8, 4) is 0 Å². The number of hydrogen-bond donors (Lipinski definition) is 2. The molecule has 3 amide bonds. The summed E-state index contributed by atoms with van der Waals surface area (Å²) in [4.78, 5) is 39.2. The molecule has 0 aromatic heterocycles. The third-order valence-electron chi connectivity index (χ3n) is 6.92. The average Bonchev–Trinajstić information content (AvgIpc) is 3.10. The van der Waals surface area contributed by atoms with E-state index >= 15 is 0 Å². The number of nitrogens with zero attached hydrogens (tertiary/aromatic N) is 1. The molecule has 1 aliphatic carbocycles. The van der Waals surface area contributed by atoms with Gasteiger partial charge in [0, 0.05) is 41.6 Å². The summed E-state index contributed by atoms with van der Waals surface area (Å²) in [7, 11) is 0. The van der Waals surface area contributed by atoms with Gasteiger partial charge < -0.3 is 15.5 Å². The van der Waals surface area contributed by atoms with Crippen LogP contribution in [0.5, 0.6) is 0 Å². The number of carbonyl (C=O) groups is 3. The van der Waals surface area contributed by atoms with Gasteiger partial charge in [0.05, 0.1) is 5.92 Å². The zero-order valence-electron chi connectivity index (χ0n) is 17.4. The summed E-state index contributed by atoms with van der Waals surface area (Å²) >= 11 is 3.44. The van der Waals surface area contributed by atoms with Crippen LogP contribution in [-0.4, -0.2) is 36.3 Å². The van der Waals surface area contributed by atoms with Gasteiger partial charge in [-0.05, 0) is 55.7 Å². The molecule has 4 rings (SSSR count). The Labute approximate surface area is 186 Å². The SMILES string of the molecule is CCCC1CC(=O)NC2CC(NC(=O)C3CC(=O)N(c4cccc(Br)c4)C3)CCC12. The zero-order chi connectivity index (χ0) is 21.3. The molecule has 1 aromatic rings. The number of fused-ring (bicyclic) bond motifs is 1. The minimum absolute atomic E-state index is 0.0149. The highest BCUT2D eigenvalue weighted by molar-refractivity contribution is 9.10. The quantitative estimate of drug-likeness (QED) is 0.684. The fourth-order valence-corrected chi connectivity index (χ4v) is 5.88. The van der Waals surface area contributed by atoms with Crippen molar-refractivity contribution < 1.29 is 14.4 Å². The van der Waals surface area contributed by atoms with Gasteiger partial charge in [-0.3, -0.25) is 14.4 Å². The third kappa shape index (κ3) is 4.56. The summed E-state index contributed by atoms with van der Waals surface area (Å²) in [5, 5.41) is 6.34. The number of carbonyl (C=O) groups excluding carboxylic acids is 3. The first-order valence-electron chi connectivity index (χ1n) is 11.1. The lowest BCUT2D eigenvalue weighted by atomic mass is 9.70. The highest BCUT2D eigenvalue weighted by atomic mass is 79.9. The second kappa shape index (κ2) is 9.08. The smallest absolute Gasteiger partial charge is 0.227 e. The molecule has 0 radical (unpaired) electrons. The van der Waals surface area contributed by atoms with Gasteiger partial charge >= 0.3 is 0 Å². The molecule has 1 aromatic carbocycles. The third-order valence-corrected chi connectivity index (χ3v) is 7.42. The van der Waals surface area contributed by atoms with Crippen LogP contribution in [0.1, 0.15) is 51.9 Å². The first-order valence-corrected chi connectivity index (χ1v) is 11.9. The van der Waals surface area contributed by atoms with Crippen LogP contribution in [0.3, 0.4) is 0 Å². The molecule has 0 bridgehead atoms. The normalized spacial score (nSPS) is 31.3. The Kier molecular flexibility index (Phi) is 6.46. The maximum atomic E-state index is 12.9. The minimum Gasteiger partial charge on any atom is -0.353 e. The van der Waals surface area contributed by atoms with Crippen molar-refractivity contribution in [1.82, 2.24) is 10.6 Å². The van der Waals surface area contributed by atoms with Crippen molar-refractivity contribution in [3.05, 3.63) is 28.7 Å². The van der Waals surface area contributed by atoms with E-state index < -0.39 is 0 Å². The van der Waals surface area contributed by atoms with Crippen molar-refractivity contribution in [2.24, 2.45) is 17.8 Å². The monoisotopic (exact) mass is 475 g/mol. The number of piperidine rings is 1. The molecule has 2 aliphatic heterocycles. The summed E-state index contributed by atoms with van der Waals surface area (Å²) in [6.45, 7) is 2.59. The summed E-state index contributed by atoms with van der Waals surface area (Å²) in [6.07, 6.45) is 5.85. The van der Waals surface area contributed by atoms with Crippen molar-refractivity contribution in [1.29, 1.82) is 0 Å². The van der Waals surface area contributed by atoms with Crippen molar-refractivity contribution in [3.63, 3.8) is 0 Å². The predicted octanol–water partition coefficient (Wildman–Crippen LogP) is 3.39. The van der Waals surface area contributed by atoms with Crippen LogP contribution in [0, 0.1) is 17.8 Å². The van der Waals surface area contributed by atoms with Crippen LogP contribution >= 0.6 is 15.9 Å². The maximum Gasteiger partial charge on any atom is 0.227 e. The standard InChI is InChI=1S/C23H30BrN3O3/c1-2-4-14-9-21(28)26-20-12-17(7-8-19(14)20)25-23(30)15-10-22(29)27(13-15)18-6-3-5-16(24)11-18/h3,5-6,11,14-15,17,19-20H,2,4,7-10,12-13H2,1H3,(H,25,30)(H,26,28). The molecule has 5 unspecified atom stereocenters. The lowest BCUT2D eigenvalue weighted by Crippen LogP contribution is -2.55. The molecule has 2 heterocycles. The van der Waals surface area contributed by atoms with Gasteiger partial charge in [0.15, 0.2) is 0 Å². The molecule has 1 saturated carbocycles. The Morgan fingerprint density at radius 1 is 1.27 bits per heavy atom. The Balaban J connectivity index is 1.35. The molecule has 3 aliphatic rings. The second-order valence-corrected chi connectivity index (χ2v) is 9.91. The summed E-state index contributed by atoms with van der Waals surface area (Å²) < 4.78 is 0.911. The highest BCUT2D eigenvalue weighted by Crippen LogP contribution is 2.38. The van der Waals surface area contributed by atoms with E-state index in [-0.39, 0.29) is 42.1 Å². The maximum absolute atomic E-state index is 12.9. The number of amides is 3. The number of halogens is 1. The molecule has 6 nitrogen and oxygen atoms in total. The second-order valence-electron chi connectivity index (χ2n) is 8.99. The zero-order valence-corrected chi connectivity index (χ0v) is 19.0. The number of benzene rings is 1. The van der Waals surface area contributed by atoms with Crippen molar-refractivity contribution >= 4 is 39.3 Å². The number of hydrogen-bond acceptors (Lipinski definition) is 3. The van der Waals surface area contributed by atoms with E-state index in [2.05, 4.69) is 33.5 Å². The van der Waals surface area contributed by atoms with Gasteiger partial charge in [0.2, 0.25) is 17.7 Å². The largest absolute Gasteiger partial charge is 0.353 e. The van der Waals surface area contributed by atoms with Crippen LogP contribution < -0.4 is 15.5 Å². The summed E-state index contributed by atoms with van der Waals surface area (Å²) in [6, 6.07) is 7.82. The topological polar surface area (TPSA) is 78.5 Å². The van der Waals surface area contributed by atoms with Gasteiger partial charge in [-0.2, -0.15) is 0 Å².